The van der Waals surface area contributed by atoms with E-state index in [0.717, 1.165) is 60.9 Å². The second-order valence-electron chi connectivity index (χ2n) is 16.5. The largest absolute Gasteiger partial charge is 0.459 e. The summed E-state index contributed by atoms with van der Waals surface area (Å²) in [6.07, 6.45) is 10.3. The van der Waals surface area contributed by atoms with E-state index in [4.69, 9.17) is 33.7 Å². The highest BCUT2D eigenvalue weighted by Gasteiger charge is 2.66. The van der Waals surface area contributed by atoms with Crippen LogP contribution in [0, 0.1) is 33.8 Å². The van der Waals surface area contributed by atoms with Crippen molar-refractivity contribution < 1.29 is 48.5 Å². The Labute approximate surface area is 355 Å². The number of aliphatic hydroxyl groups excluding tert-OH is 2. The molecule has 0 bridgehead atoms. The first kappa shape index (κ1) is 42.3. The zero-order valence-electron chi connectivity index (χ0n) is 34.6. The van der Waals surface area contributed by atoms with Gasteiger partial charge in [0.05, 0.1) is 29.2 Å². The molecule has 2 aliphatic heterocycles. The number of nitro groups is 1. The SMILES string of the molecule is C=CCOC12Oc3ccc(Oc4cccc([N+](=O)[O-])c4)cc3C3C(CCCCO)C(CCCCO)C=C(C(=NOCC)CC1N(Cc1ccc4c(c1)OCO4)C(=O)C1CC1)C32. The van der Waals surface area contributed by atoms with E-state index in [1.165, 1.54) is 12.1 Å². The molecule has 2 heterocycles. The minimum Gasteiger partial charge on any atom is -0.459 e. The molecule has 2 saturated carbocycles. The van der Waals surface area contributed by atoms with Crippen molar-refractivity contribution in [2.45, 2.75) is 89.0 Å². The molecular formula is C47H55N3O11. The fourth-order valence-corrected chi connectivity index (χ4v) is 9.79. The Balaban J connectivity index is 1.32. The van der Waals surface area contributed by atoms with Gasteiger partial charge in [0, 0.05) is 49.6 Å². The zero-order chi connectivity index (χ0) is 42.5. The quantitative estimate of drug-likeness (QED) is 0.0486. The highest BCUT2D eigenvalue weighted by molar-refractivity contribution is 6.03. The van der Waals surface area contributed by atoms with E-state index in [1.54, 1.807) is 24.3 Å². The summed E-state index contributed by atoms with van der Waals surface area (Å²) in [4.78, 5) is 33.8. The number of carbonyl (C=O) groups is 1. The number of hydrogen-bond donors (Lipinski definition) is 2. The van der Waals surface area contributed by atoms with Gasteiger partial charge in [0.2, 0.25) is 18.5 Å². The van der Waals surface area contributed by atoms with Gasteiger partial charge in [-0.15, -0.1) is 6.58 Å². The summed E-state index contributed by atoms with van der Waals surface area (Å²) < 4.78 is 32.2. The van der Waals surface area contributed by atoms with Crippen LogP contribution in [0.3, 0.4) is 0 Å². The van der Waals surface area contributed by atoms with Crippen LogP contribution in [-0.4, -0.2) is 76.7 Å². The maximum Gasteiger partial charge on any atom is 0.273 e. The molecule has 2 N–H and O–H groups in total. The van der Waals surface area contributed by atoms with Crippen LogP contribution in [0.4, 0.5) is 5.69 Å². The van der Waals surface area contributed by atoms with Gasteiger partial charge in [0.1, 0.15) is 29.9 Å². The molecule has 3 aliphatic carbocycles. The highest BCUT2D eigenvalue weighted by Crippen LogP contribution is 2.62. The number of amides is 1. The van der Waals surface area contributed by atoms with E-state index in [0.29, 0.717) is 48.2 Å². The van der Waals surface area contributed by atoms with E-state index < -0.39 is 22.7 Å². The Kier molecular flexibility index (Phi) is 12.9. The second-order valence-corrected chi connectivity index (χ2v) is 16.5. The number of carbonyl (C=O) groups excluding carboxylic acids is 1. The average Bonchev–Trinajstić information content (AvgIpc) is 4.02. The van der Waals surface area contributed by atoms with Gasteiger partial charge < -0.3 is 43.6 Å². The number of benzene rings is 3. The van der Waals surface area contributed by atoms with Gasteiger partial charge in [-0.3, -0.25) is 14.9 Å². The van der Waals surface area contributed by atoms with Crippen molar-refractivity contribution in [3.63, 3.8) is 0 Å². The van der Waals surface area contributed by atoms with Crippen LogP contribution in [-0.2, 0) is 20.9 Å². The number of rotatable bonds is 20. The first-order valence-corrected chi connectivity index (χ1v) is 21.6. The number of unbranched alkanes of at least 4 members (excludes halogenated alkanes) is 2. The van der Waals surface area contributed by atoms with Crippen LogP contribution >= 0.6 is 0 Å². The van der Waals surface area contributed by atoms with E-state index in [9.17, 15) is 25.1 Å². The summed E-state index contributed by atoms with van der Waals surface area (Å²) in [5, 5.41) is 36.3. The van der Waals surface area contributed by atoms with E-state index in [2.05, 4.69) is 12.7 Å². The van der Waals surface area contributed by atoms with E-state index in [1.807, 2.05) is 42.2 Å². The predicted octanol–water partition coefficient (Wildman–Crippen LogP) is 8.21. The first-order valence-electron chi connectivity index (χ1n) is 21.6. The van der Waals surface area contributed by atoms with Crippen LogP contribution in [0.2, 0.25) is 0 Å². The molecule has 61 heavy (non-hydrogen) atoms. The molecule has 1 amide bonds. The van der Waals surface area contributed by atoms with Gasteiger partial charge in [-0.2, -0.15) is 0 Å². The number of non-ortho nitro benzene ring substituents is 1. The monoisotopic (exact) mass is 837 g/mol. The first-order chi connectivity index (χ1) is 29.8. The van der Waals surface area contributed by atoms with Crippen LogP contribution < -0.4 is 18.9 Å². The lowest BCUT2D eigenvalue weighted by atomic mass is 9.55. The third kappa shape index (κ3) is 8.71. The van der Waals surface area contributed by atoms with Crippen molar-refractivity contribution in [3.05, 3.63) is 106 Å². The van der Waals surface area contributed by atoms with Crippen molar-refractivity contribution in [2.75, 3.05) is 33.2 Å². The molecule has 3 aromatic rings. The fourth-order valence-electron chi connectivity index (χ4n) is 9.79. The Hall–Kier alpha value is -5.44. The maximum absolute atomic E-state index is 14.8. The minimum atomic E-state index is -1.42. The Morgan fingerprint density at radius 2 is 1.77 bits per heavy atom. The van der Waals surface area contributed by atoms with E-state index >= 15 is 0 Å². The van der Waals surface area contributed by atoms with Crippen molar-refractivity contribution >= 4 is 17.3 Å². The molecule has 0 spiro atoms. The lowest BCUT2D eigenvalue weighted by molar-refractivity contribution is -0.384. The molecular weight excluding hydrogens is 783 g/mol. The Morgan fingerprint density at radius 1 is 1.00 bits per heavy atom. The van der Waals surface area contributed by atoms with Gasteiger partial charge in [0.15, 0.2) is 11.5 Å². The Bertz CT molecular complexity index is 2150. The molecule has 6 unspecified atom stereocenters. The van der Waals surface area contributed by atoms with E-state index in [-0.39, 0.29) is 74.8 Å². The normalized spacial score (nSPS) is 25.1. The third-order valence-corrected chi connectivity index (χ3v) is 12.6. The van der Waals surface area contributed by atoms with Crippen LogP contribution in [0.5, 0.6) is 28.7 Å². The van der Waals surface area contributed by atoms with Gasteiger partial charge >= 0.3 is 0 Å². The molecule has 6 atom stereocenters. The summed E-state index contributed by atoms with van der Waals surface area (Å²) in [5.41, 5.74) is 3.32. The topological polar surface area (TPSA) is 172 Å². The third-order valence-electron chi connectivity index (χ3n) is 12.6. The number of oxime groups is 1. The van der Waals surface area contributed by atoms with Gasteiger partial charge in [-0.1, -0.05) is 42.3 Å². The molecule has 0 radical (unpaired) electrons. The molecule has 5 aliphatic rings. The number of hydrogen-bond acceptors (Lipinski definition) is 12. The Morgan fingerprint density at radius 3 is 2.52 bits per heavy atom. The number of ether oxygens (including phenoxy) is 5. The van der Waals surface area contributed by atoms with Crippen LogP contribution in [0.1, 0.15) is 81.8 Å². The van der Waals surface area contributed by atoms with Gasteiger partial charge in [0.25, 0.3) is 5.69 Å². The fraction of sp³-hybridized carbons (Fsp3) is 0.489. The summed E-state index contributed by atoms with van der Waals surface area (Å²) >= 11 is 0. The summed E-state index contributed by atoms with van der Waals surface area (Å²) in [7, 11) is 0. The number of allylic oxidation sites excluding steroid dienone is 1. The standard InChI is InChI=1S/C47H55N3O11/c1-3-22-58-47-43(49(46(53)31-15-16-31)28-30-14-18-41-42(23-30)57-29-56-41)27-39(48-59-4-2)37-24-32(10-5-7-20-51)36(13-6-8-21-52)44(45(37)47)38-26-35(17-19-40(38)61-47)60-34-12-9-11-33(25-34)50(54)55/h3,9,11-12,14,17-19,23-26,31-32,36,43-45,51-52H,1,4-8,10,13,15-16,20-22,27-29H2,2H3. The molecule has 14 heteroatoms. The second kappa shape index (κ2) is 18.7. The van der Waals surface area contributed by atoms with Crippen molar-refractivity contribution in [3.8, 4) is 28.7 Å². The summed E-state index contributed by atoms with van der Waals surface area (Å²) in [6, 6.07) is 16.8. The highest BCUT2D eigenvalue weighted by atomic mass is 16.7. The molecule has 2 fully saturated rings. The summed E-state index contributed by atoms with van der Waals surface area (Å²) in [5.74, 6) is 0.409. The lowest BCUT2D eigenvalue weighted by Gasteiger charge is -2.60. The molecule has 0 aromatic heterocycles. The molecule has 14 nitrogen and oxygen atoms in total. The smallest absolute Gasteiger partial charge is 0.273 e. The lowest BCUT2D eigenvalue weighted by Crippen LogP contribution is -2.70. The van der Waals surface area contributed by atoms with Crippen molar-refractivity contribution in [1.82, 2.24) is 4.90 Å². The molecule has 3 aromatic carbocycles. The van der Waals surface area contributed by atoms with Crippen molar-refractivity contribution in [2.24, 2.45) is 28.8 Å². The number of fused-ring (bicyclic) bond motifs is 3. The average molecular weight is 838 g/mol. The number of nitrogens with zero attached hydrogens (tertiary/aromatic N) is 3. The predicted molar refractivity (Wildman–Crippen MR) is 226 cm³/mol. The van der Waals surface area contributed by atoms with Crippen molar-refractivity contribution in [1.29, 1.82) is 0 Å². The molecule has 8 rings (SSSR count). The van der Waals surface area contributed by atoms with Gasteiger partial charge in [-0.05, 0) is 105 Å². The maximum atomic E-state index is 14.8. The zero-order valence-corrected chi connectivity index (χ0v) is 34.6. The minimum absolute atomic E-state index is 0.00921. The van der Waals surface area contributed by atoms with Crippen LogP contribution in [0.25, 0.3) is 0 Å². The summed E-state index contributed by atoms with van der Waals surface area (Å²) in [6.45, 7) is 6.94. The van der Waals surface area contributed by atoms with Gasteiger partial charge in [-0.25, -0.2) is 0 Å². The number of nitro benzene ring substituents is 1. The molecule has 324 valence electrons. The molecule has 0 saturated heterocycles. The number of aliphatic hydroxyl groups is 2. The van der Waals surface area contributed by atoms with Crippen LogP contribution in [0.15, 0.2) is 90.1 Å².